The van der Waals surface area contributed by atoms with E-state index in [9.17, 15) is 4.79 Å². The first-order valence-electron chi connectivity index (χ1n) is 5.28. The lowest BCUT2D eigenvalue weighted by Gasteiger charge is -2.28. The number of amides is 1. The highest BCUT2D eigenvalue weighted by atomic mass is 16.5. The zero-order chi connectivity index (χ0) is 10.4. The van der Waals surface area contributed by atoms with Crippen molar-refractivity contribution >= 4 is 6.09 Å². The molecule has 0 aromatic heterocycles. The molecule has 1 aliphatic carbocycles. The second-order valence-electron chi connectivity index (χ2n) is 4.01. The van der Waals surface area contributed by atoms with Crippen LogP contribution >= 0.6 is 0 Å². The summed E-state index contributed by atoms with van der Waals surface area (Å²) in [5.74, 6) is 1.23. The van der Waals surface area contributed by atoms with Crippen LogP contribution in [-0.2, 0) is 4.74 Å². The lowest BCUT2D eigenvalue weighted by Crippen LogP contribution is -2.33. The van der Waals surface area contributed by atoms with E-state index in [2.05, 4.69) is 10.1 Å². The monoisotopic (exact) mass is 200 g/mol. The van der Waals surface area contributed by atoms with Crippen molar-refractivity contribution in [1.29, 1.82) is 0 Å². The smallest absolute Gasteiger partial charge is 0.406 e. The number of ether oxygens (including phenoxy) is 1. The van der Waals surface area contributed by atoms with Crippen LogP contribution in [0, 0.1) is 11.8 Å². The standard InChI is InChI=1S/C10H20N2O2/c1-14-10(13)12-7-9-4-2-3-8(5-9)6-11/h8-9H,2-7,11H2,1H3,(H,12,13). The summed E-state index contributed by atoms with van der Waals surface area (Å²) < 4.78 is 4.52. The fourth-order valence-electron chi connectivity index (χ4n) is 2.10. The summed E-state index contributed by atoms with van der Waals surface area (Å²) in [6.07, 6.45) is 4.47. The van der Waals surface area contributed by atoms with Crippen LogP contribution in [0.4, 0.5) is 4.79 Å². The number of methoxy groups -OCH3 is 1. The number of carbonyl (C=O) groups is 1. The molecule has 14 heavy (non-hydrogen) atoms. The van der Waals surface area contributed by atoms with Gasteiger partial charge in [-0.2, -0.15) is 0 Å². The van der Waals surface area contributed by atoms with E-state index in [0.717, 1.165) is 19.5 Å². The SMILES string of the molecule is COC(=O)NCC1CCCC(CN)C1. The second kappa shape index (κ2) is 5.86. The van der Waals surface area contributed by atoms with E-state index in [1.54, 1.807) is 0 Å². The summed E-state index contributed by atoms with van der Waals surface area (Å²) in [5, 5.41) is 2.74. The van der Waals surface area contributed by atoms with Crippen molar-refractivity contribution in [3.63, 3.8) is 0 Å². The number of rotatable bonds is 3. The largest absolute Gasteiger partial charge is 0.453 e. The maximum atomic E-state index is 10.8. The van der Waals surface area contributed by atoms with Gasteiger partial charge in [0.1, 0.15) is 0 Å². The van der Waals surface area contributed by atoms with E-state index in [4.69, 9.17) is 5.73 Å². The quantitative estimate of drug-likeness (QED) is 0.717. The highest BCUT2D eigenvalue weighted by molar-refractivity contribution is 5.66. The lowest BCUT2D eigenvalue weighted by atomic mass is 9.81. The molecule has 1 rings (SSSR count). The Labute approximate surface area is 85.2 Å². The van der Waals surface area contributed by atoms with Gasteiger partial charge in [-0.3, -0.25) is 0 Å². The van der Waals surface area contributed by atoms with Crippen molar-refractivity contribution in [2.24, 2.45) is 17.6 Å². The van der Waals surface area contributed by atoms with Crippen LogP contribution in [-0.4, -0.2) is 26.3 Å². The second-order valence-corrected chi connectivity index (χ2v) is 4.01. The molecule has 1 amide bonds. The molecule has 0 saturated heterocycles. The molecule has 4 nitrogen and oxygen atoms in total. The van der Waals surface area contributed by atoms with Gasteiger partial charge in [-0.05, 0) is 37.6 Å². The predicted molar refractivity (Wildman–Crippen MR) is 54.9 cm³/mol. The molecule has 0 bridgehead atoms. The molecule has 82 valence electrons. The van der Waals surface area contributed by atoms with Gasteiger partial charge in [0.2, 0.25) is 0 Å². The average Bonchev–Trinajstić information content (AvgIpc) is 2.26. The Hall–Kier alpha value is -0.770. The summed E-state index contributed by atoms with van der Waals surface area (Å²) in [6.45, 7) is 1.50. The molecule has 0 aliphatic heterocycles. The molecule has 2 unspecified atom stereocenters. The van der Waals surface area contributed by atoms with Gasteiger partial charge < -0.3 is 15.8 Å². The zero-order valence-corrected chi connectivity index (χ0v) is 8.79. The van der Waals surface area contributed by atoms with Crippen molar-refractivity contribution in [3.05, 3.63) is 0 Å². The maximum Gasteiger partial charge on any atom is 0.406 e. The van der Waals surface area contributed by atoms with E-state index in [-0.39, 0.29) is 6.09 Å². The van der Waals surface area contributed by atoms with Gasteiger partial charge >= 0.3 is 6.09 Å². The van der Waals surface area contributed by atoms with Gasteiger partial charge in [-0.15, -0.1) is 0 Å². The topological polar surface area (TPSA) is 64.3 Å². The highest BCUT2D eigenvalue weighted by Crippen LogP contribution is 2.27. The summed E-state index contributed by atoms with van der Waals surface area (Å²) in [4.78, 5) is 10.8. The van der Waals surface area contributed by atoms with Gasteiger partial charge in [-0.25, -0.2) is 4.79 Å². The van der Waals surface area contributed by atoms with Crippen LogP contribution in [0.1, 0.15) is 25.7 Å². The summed E-state index contributed by atoms with van der Waals surface area (Å²) in [5.41, 5.74) is 5.64. The Balaban J connectivity index is 2.20. The van der Waals surface area contributed by atoms with Crippen LogP contribution in [0.5, 0.6) is 0 Å². The number of carbonyl (C=O) groups excluding carboxylic acids is 1. The highest BCUT2D eigenvalue weighted by Gasteiger charge is 2.21. The number of nitrogens with two attached hydrogens (primary N) is 1. The fraction of sp³-hybridized carbons (Fsp3) is 0.900. The Morgan fingerprint density at radius 1 is 1.50 bits per heavy atom. The molecule has 0 heterocycles. The molecular formula is C10H20N2O2. The van der Waals surface area contributed by atoms with Gasteiger partial charge in [0.15, 0.2) is 0 Å². The van der Waals surface area contributed by atoms with Crippen LogP contribution in [0.3, 0.4) is 0 Å². The summed E-state index contributed by atoms with van der Waals surface area (Å²) >= 11 is 0. The molecule has 3 N–H and O–H groups in total. The Kier molecular flexibility index (Phi) is 4.73. The minimum atomic E-state index is -0.333. The molecule has 0 aromatic rings. The molecule has 4 heteroatoms. The molecule has 0 aromatic carbocycles. The third-order valence-electron chi connectivity index (χ3n) is 2.95. The Morgan fingerprint density at radius 2 is 2.21 bits per heavy atom. The van der Waals surface area contributed by atoms with Crippen molar-refractivity contribution < 1.29 is 9.53 Å². The van der Waals surface area contributed by atoms with Gasteiger partial charge in [0, 0.05) is 6.54 Å². The molecule has 1 aliphatic rings. The van der Waals surface area contributed by atoms with Crippen molar-refractivity contribution in [2.45, 2.75) is 25.7 Å². The molecule has 0 spiro atoms. The first-order valence-corrected chi connectivity index (χ1v) is 5.28. The molecule has 0 radical (unpaired) electrons. The average molecular weight is 200 g/mol. The number of hydrogen-bond donors (Lipinski definition) is 2. The predicted octanol–water partition coefficient (Wildman–Crippen LogP) is 1.11. The van der Waals surface area contributed by atoms with E-state index in [1.807, 2.05) is 0 Å². The van der Waals surface area contributed by atoms with Crippen LogP contribution < -0.4 is 11.1 Å². The minimum absolute atomic E-state index is 0.333. The van der Waals surface area contributed by atoms with Crippen molar-refractivity contribution in [1.82, 2.24) is 5.32 Å². The van der Waals surface area contributed by atoms with Crippen LogP contribution in [0.2, 0.25) is 0 Å². The summed E-state index contributed by atoms with van der Waals surface area (Å²) in [7, 11) is 1.39. The normalized spacial score (nSPS) is 27.0. The van der Waals surface area contributed by atoms with Gasteiger partial charge in [0.25, 0.3) is 0 Å². The Bertz CT molecular complexity index is 185. The maximum absolute atomic E-state index is 10.8. The first kappa shape index (κ1) is 11.3. The summed E-state index contributed by atoms with van der Waals surface area (Å²) in [6, 6.07) is 0. The van der Waals surface area contributed by atoms with Crippen molar-refractivity contribution in [3.8, 4) is 0 Å². The zero-order valence-electron chi connectivity index (χ0n) is 8.79. The molecular weight excluding hydrogens is 180 g/mol. The molecule has 1 fully saturated rings. The van der Waals surface area contributed by atoms with Gasteiger partial charge in [-0.1, -0.05) is 6.42 Å². The van der Waals surface area contributed by atoms with Gasteiger partial charge in [0.05, 0.1) is 7.11 Å². The van der Waals surface area contributed by atoms with E-state index in [0.29, 0.717) is 11.8 Å². The fourth-order valence-corrected chi connectivity index (χ4v) is 2.10. The first-order chi connectivity index (χ1) is 6.76. The van der Waals surface area contributed by atoms with Crippen molar-refractivity contribution in [2.75, 3.05) is 20.2 Å². The molecule has 2 atom stereocenters. The Morgan fingerprint density at radius 3 is 2.86 bits per heavy atom. The number of alkyl carbamates (subject to hydrolysis) is 1. The van der Waals surface area contributed by atoms with Crippen LogP contribution in [0.25, 0.3) is 0 Å². The van der Waals surface area contributed by atoms with E-state index < -0.39 is 0 Å². The minimum Gasteiger partial charge on any atom is -0.453 e. The third-order valence-corrected chi connectivity index (χ3v) is 2.95. The molecule has 1 saturated carbocycles. The lowest BCUT2D eigenvalue weighted by molar-refractivity contribution is 0.165. The van der Waals surface area contributed by atoms with Crippen LogP contribution in [0.15, 0.2) is 0 Å². The number of hydrogen-bond acceptors (Lipinski definition) is 3. The van der Waals surface area contributed by atoms with E-state index >= 15 is 0 Å². The third kappa shape index (κ3) is 3.54. The number of nitrogens with one attached hydrogen (secondary N) is 1. The van der Waals surface area contributed by atoms with E-state index in [1.165, 1.54) is 26.4 Å².